The highest BCUT2D eigenvalue weighted by molar-refractivity contribution is 5.13. The minimum Gasteiger partial charge on any atom is -0.265 e. The van der Waals surface area contributed by atoms with Crippen LogP contribution in [0.5, 0.6) is 0 Å². The van der Waals surface area contributed by atoms with Crippen LogP contribution in [0.1, 0.15) is 12.5 Å². The molecular weight excluding hydrogens is 122 g/mol. The Labute approximate surface area is 61.4 Å². The zero-order valence-electron chi connectivity index (χ0n) is 6.12. The normalized spacial score (nSPS) is 10.5. The molecule has 0 spiro atoms. The van der Waals surface area contributed by atoms with Crippen molar-refractivity contribution in [2.24, 2.45) is 0 Å². The highest BCUT2D eigenvalue weighted by atomic mass is 14.6. The van der Waals surface area contributed by atoms with Crippen LogP contribution in [-0.4, -0.2) is 4.98 Å². The topological polar surface area (TPSA) is 12.9 Å². The molecule has 0 bridgehead atoms. The van der Waals surface area contributed by atoms with E-state index in [1.807, 2.05) is 31.5 Å². The molecule has 1 aromatic heterocycles. The molecule has 0 saturated carbocycles. The van der Waals surface area contributed by atoms with Gasteiger partial charge in [-0.3, -0.25) is 4.98 Å². The van der Waals surface area contributed by atoms with Crippen LogP contribution in [0.3, 0.4) is 0 Å². The molecule has 10 heavy (non-hydrogen) atoms. The number of rotatable bonds is 2. The van der Waals surface area contributed by atoms with Gasteiger partial charge in [0, 0.05) is 12.4 Å². The van der Waals surface area contributed by atoms with Crippen LogP contribution in [-0.2, 0) is 6.42 Å². The van der Waals surface area contributed by atoms with Gasteiger partial charge in [-0.1, -0.05) is 12.2 Å². The summed E-state index contributed by atoms with van der Waals surface area (Å²) >= 11 is 0. The molecule has 0 atom stereocenters. The Morgan fingerprint density at radius 2 is 2.10 bits per heavy atom. The zero-order valence-corrected chi connectivity index (χ0v) is 6.12. The molecule has 52 valence electrons. The molecule has 1 aromatic rings. The molecule has 0 amide bonds. The van der Waals surface area contributed by atoms with Gasteiger partial charge in [0.25, 0.3) is 0 Å². The Kier molecular flexibility index (Phi) is 2.68. The molecule has 1 heteroatoms. The van der Waals surface area contributed by atoms with Crippen LogP contribution in [0.2, 0.25) is 0 Å². The summed E-state index contributed by atoms with van der Waals surface area (Å²) in [6.07, 6.45) is 8.84. The SMILES string of the molecule is CC=CCc1ccncc1. The summed E-state index contributed by atoms with van der Waals surface area (Å²) < 4.78 is 0. The Morgan fingerprint density at radius 1 is 1.40 bits per heavy atom. The minimum absolute atomic E-state index is 1.01. The largest absolute Gasteiger partial charge is 0.265 e. The van der Waals surface area contributed by atoms with Crippen molar-refractivity contribution in [3.8, 4) is 0 Å². The Morgan fingerprint density at radius 3 is 2.70 bits per heavy atom. The lowest BCUT2D eigenvalue weighted by Crippen LogP contribution is -1.79. The quantitative estimate of drug-likeness (QED) is 0.563. The average molecular weight is 133 g/mol. The molecule has 1 rings (SSSR count). The Balaban J connectivity index is 2.59. The summed E-state index contributed by atoms with van der Waals surface area (Å²) in [5, 5.41) is 0. The van der Waals surface area contributed by atoms with Crippen LogP contribution >= 0.6 is 0 Å². The molecule has 0 unspecified atom stereocenters. The summed E-state index contributed by atoms with van der Waals surface area (Å²) in [5.41, 5.74) is 1.31. The van der Waals surface area contributed by atoms with Gasteiger partial charge in [-0.15, -0.1) is 0 Å². The standard InChI is InChI=1S/C9H11N/c1-2-3-4-9-5-7-10-8-6-9/h2-3,5-8H,4H2,1H3. The third kappa shape index (κ3) is 2.02. The van der Waals surface area contributed by atoms with Crippen molar-refractivity contribution in [2.75, 3.05) is 0 Å². The van der Waals surface area contributed by atoms with E-state index in [0.717, 1.165) is 6.42 Å². The Hall–Kier alpha value is -1.11. The van der Waals surface area contributed by atoms with Crippen molar-refractivity contribution in [1.29, 1.82) is 0 Å². The van der Waals surface area contributed by atoms with Crippen molar-refractivity contribution >= 4 is 0 Å². The molecule has 0 saturated heterocycles. The molecule has 0 N–H and O–H groups in total. The molecule has 0 aliphatic carbocycles. The van der Waals surface area contributed by atoms with Crippen molar-refractivity contribution in [3.05, 3.63) is 42.2 Å². The first kappa shape index (κ1) is 7.00. The fourth-order valence-electron chi connectivity index (χ4n) is 0.773. The van der Waals surface area contributed by atoms with E-state index in [2.05, 4.69) is 17.1 Å². The van der Waals surface area contributed by atoms with Gasteiger partial charge in [0.05, 0.1) is 0 Å². The van der Waals surface area contributed by atoms with E-state index in [1.165, 1.54) is 5.56 Å². The average Bonchev–Trinajstić information content (AvgIpc) is 2.03. The van der Waals surface area contributed by atoms with E-state index in [9.17, 15) is 0 Å². The van der Waals surface area contributed by atoms with Crippen LogP contribution < -0.4 is 0 Å². The molecule has 1 heterocycles. The molecule has 0 radical (unpaired) electrons. The van der Waals surface area contributed by atoms with Gasteiger partial charge in [-0.2, -0.15) is 0 Å². The lowest BCUT2D eigenvalue weighted by Gasteiger charge is -1.91. The maximum absolute atomic E-state index is 3.93. The van der Waals surface area contributed by atoms with E-state index in [0.29, 0.717) is 0 Å². The van der Waals surface area contributed by atoms with E-state index in [-0.39, 0.29) is 0 Å². The summed E-state index contributed by atoms with van der Waals surface area (Å²) in [5.74, 6) is 0. The second-order valence-electron chi connectivity index (χ2n) is 2.13. The van der Waals surface area contributed by atoms with Gasteiger partial charge in [-0.05, 0) is 31.0 Å². The summed E-state index contributed by atoms with van der Waals surface area (Å²) in [4.78, 5) is 3.93. The monoisotopic (exact) mass is 133 g/mol. The molecule has 1 nitrogen and oxygen atoms in total. The lowest BCUT2D eigenvalue weighted by molar-refractivity contribution is 1.21. The van der Waals surface area contributed by atoms with Gasteiger partial charge in [0.2, 0.25) is 0 Å². The number of hydrogen-bond acceptors (Lipinski definition) is 1. The number of pyridine rings is 1. The third-order valence-corrected chi connectivity index (χ3v) is 1.34. The number of allylic oxidation sites excluding steroid dienone is 2. The molecule has 0 aromatic carbocycles. The zero-order chi connectivity index (χ0) is 7.23. The van der Waals surface area contributed by atoms with Crippen molar-refractivity contribution in [1.82, 2.24) is 4.98 Å². The summed E-state index contributed by atoms with van der Waals surface area (Å²) in [6.45, 7) is 2.03. The first-order chi connectivity index (χ1) is 4.93. The molecular formula is C9H11N. The Bertz CT molecular complexity index is 201. The minimum atomic E-state index is 1.01. The van der Waals surface area contributed by atoms with E-state index in [4.69, 9.17) is 0 Å². The van der Waals surface area contributed by atoms with Crippen LogP contribution in [0.25, 0.3) is 0 Å². The van der Waals surface area contributed by atoms with Gasteiger partial charge in [0.15, 0.2) is 0 Å². The smallest absolute Gasteiger partial charge is 0.0270 e. The molecule has 0 aliphatic heterocycles. The highest BCUT2D eigenvalue weighted by Crippen LogP contribution is 1.97. The summed E-state index contributed by atoms with van der Waals surface area (Å²) in [6, 6.07) is 4.06. The van der Waals surface area contributed by atoms with Gasteiger partial charge in [0.1, 0.15) is 0 Å². The number of nitrogens with zero attached hydrogens (tertiary/aromatic N) is 1. The number of hydrogen-bond donors (Lipinski definition) is 0. The van der Waals surface area contributed by atoms with Crippen molar-refractivity contribution in [3.63, 3.8) is 0 Å². The molecule has 0 aliphatic rings. The van der Waals surface area contributed by atoms with Crippen molar-refractivity contribution in [2.45, 2.75) is 13.3 Å². The van der Waals surface area contributed by atoms with Crippen molar-refractivity contribution < 1.29 is 0 Å². The van der Waals surface area contributed by atoms with Crippen LogP contribution in [0, 0.1) is 0 Å². The van der Waals surface area contributed by atoms with Crippen LogP contribution in [0.4, 0.5) is 0 Å². The first-order valence-corrected chi connectivity index (χ1v) is 3.43. The maximum Gasteiger partial charge on any atom is 0.0270 e. The summed E-state index contributed by atoms with van der Waals surface area (Å²) in [7, 11) is 0. The predicted octanol–water partition coefficient (Wildman–Crippen LogP) is 2.20. The fourth-order valence-corrected chi connectivity index (χ4v) is 0.773. The predicted molar refractivity (Wildman–Crippen MR) is 42.8 cm³/mol. The highest BCUT2D eigenvalue weighted by Gasteiger charge is 1.83. The van der Waals surface area contributed by atoms with Gasteiger partial charge < -0.3 is 0 Å². The third-order valence-electron chi connectivity index (χ3n) is 1.34. The molecule has 0 fully saturated rings. The lowest BCUT2D eigenvalue weighted by atomic mass is 10.2. The fraction of sp³-hybridized carbons (Fsp3) is 0.222. The number of aromatic nitrogens is 1. The second-order valence-corrected chi connectivity index (χ2v) is 2.13. The van der Waals surface area contributed by atoms with Crippen LogP contribution in [0.15, 0.2) is 36.7 Å². The van der Waals surface area contributed by atoms with Gasteiger partial charge in [-0.25, -0.2) is 0 Å². The van der Waals surface area contributed by atoms with E-state index >= 15 is 0 Å². The maximum atomic E-state index is 3.93. The first-order valence-electron chi connectivity index (χ1n) is 3.43. The van der Waals surface area contributed by atoms with Gasteiger partial charge >= 0.3 is 0 Å². The van der Waals surface area contributed by atoms with E-state index in [1.54, 1.807) is 0 Å². The second kappa shape index (κ2) is 3.83. The van der Waals surface area contributed by atoms with E-state index < -0.39 is 0 Å².